The molecule has 7 nitrogen and oxygen atoms in total. The van der Waals surface area contributed by atoms with Gasteiger partial charge in [-0.25, -0.2) is 4.98 Å². The maximum atomic E-state index is 12.9. The highest BCUT2D eigenvalue weighted by atomic mass is 35.5. The standard InChI is InChI=1S/C19H22N4O3S.2ClH/c24-19(23-6-3-14(10-23)22-7-4-20-5-8-22)15-11-27-18(21-15)13-1-2-16-17(9-13)26-12-25-16;;/h1-2,9,11,14,20H,3-8,10,12H2;2*1H. The van der Waals surface area contributed by atoms with Gasteiger partial charge in [0.1, 0.15) is 10.7 Å². The minimum Gasteiger partial charge on any atom is -0.454 e. The van der Waals surface area contributed by atoms with E-state index in [0.29, 0.717) is 11.7 Å². The van der Waals surface area contributed by atoms with Crippen molar-refractivity contribution in [3.05, 3.63) is 29.3 Å². The Morgan fingerprint density at radius 1 is 1.14 bits per heavy atom. The normalized spacial score (nSPS) is 20.8. The molecule has 0 spiro atoms. The van der Waals surface area contributed by atoms with Gasteiger partial charge in [0.15, 0.2) is 11.5 Å². The van der Waals surface area contributed by atoms with E-state index in [4.69, 9.17) is 9.47 Å². The third-order valence-electron chi connectivity index (χ3n) is 5.46. The van der Waals surface area contributed by atoms with Gasteiger partial charge in [0.25, 0.3) is 5.91 Å². The molecule has 1 N–H and O–H groups in total. The molecule has 0 aliphatic carbocycles. The number of halogens is 2. The summed E-state index contributed by atoms with van der Waals surface area (Å²) in [5.41, 5.74) is 1.48. The van der Waals surface area contributed by atoms with E-state index >= 15 is 0 Å². The van der Waals surface area contributed by atoms with Crippen LogP contribution in [0, 0.1) is 0 Å². The third kappa shape index (κ3) is 4.46. The summed E-state index contributed by atoms with van der Waals surface area (Å²) in [6.07, 6.45) is 1.05. The minimum atomic E-state index is 0. The van der Waals surface area contributed by atoms with E-state index in [-0.39, 0.29) is 37.5 Å². The molecule has 5 rings (SSSR count). The van der Waals surface area contributed by atoms with Gasteiger partial charge in [-0.15, -0.1) is 36.2 Å². The molecule has 4 heterocycles. The summed E-state index contributed by atoms with van der Waals surface area (Å²) in [5, 5.41) is 6.07. The lowest BCUT2D eigenvalue weighted by Gasteiger charge is -2.32. The number of piperazine rings is 1. The first-order valence-corrected chi connectivity index (χ1v) is 10.3. The van der Waals surface area contributed by atoms with Crippen LogP contribution in [0.25, 0.3) is 10.6 Å². The first kappa shape index (κ1) is 22.1. The first-order valence-electron chi connectivity index (χ1n) is 9.37. The Balaban J connectivity index is 0.00000120. The summed E-state index contributed by atoms with van der Waals surface area (Å²) in [7, 11) is 0. The maximum absolute atomic E-state index is 12.9. The number of hydrogen-bond donors (Lipinski definition) is 1. The second kappa shape index (κ2) is 9.49. The largest absolute Gasteiger partial charge is 0.454 e. The molecule has 1 unspecified atom stereocenters. The molecular weight excluding hydrogens is 435 g/mol. The Morgan fingerprint density at radius 3 is 2.76 bits per heavy atom. The quantitative estimate of drug-likeness (QED) is 0.761. The van der Waals surface area contributed by atoms with Crippen LogP contribution in [0.1, 0.15) is 16.9 Å². The molecule has 3 aliphatic heterocycles. The zero-order chi connectivity index (χ0) is 18.2. The molecule has 1 aromatic carbocycles. The number of benzene rings is 1. The lowest BCUT2D eigenvalue weighted by atomic mass is 10.2. The van der Waals surface area contributed by atoms with Crippen LogP contribution >= 0.6 is 36.2 Å². The number of nitrogens with one attached hydrogen (secondary N) is 1. The van der Waals surface area contributed by atoms with Crippen molar-refractivity contribution < 1.29 is 14.3 Å². The topological polar surface area (TPSA) is 66.9 Å². The van der Waals surface area contributed by atoms with Crippen molar-refractivity contribution in [2.45, 2.75) is 12.5 Å². The summed E-state index contributed by atoms with van der Waals surface area (Å²) in [6, 6.07) is 6.24. The molecular formula is C19H24Cl2N4O3S. The van der Waals surface area contributed by atoms with Gasteiger partial charge >= 0.3 is 0 Å². The molecule has 2 saturated heterocycles. The van der Waals surface area contributed by atoms with Gasteiger partial charge in [-0.3, -0.25) is 9.69 Å². The Kier molecular flexibility index (Phi) is 7.23. The second-order valence-corrected chi connectivity index (χ2v) is 7.94. The van der Waals surface area contributed by atoms with Crippen molar-refractivity contribution in [3.63, 3.8) is 0 Å². The Bertz CT molecular complexity index is 860. The average molecular weight is 459 g/mol. The molecule has 10 heteroatoms. The highest BCUT2D eigenvalue weighted by molar-refractivity contribution is 7.13. The van der Waals surface area contributed by atoms with Crippen LogP contribution in [0.2, 0.25) is 0 Å². The van der Waals surface area contributed by atoms with E-state index in [1.807, 2.05) is 28.5 Å². The molecule has 1 amide bonds. The zero-order valence-corrected chi connectivity index (χ0v) is 18.3. The summed E-state index contributed by atoms with van der Waals surface area (Å²) < 4.78 is 10.8. The van der Waals surface area contributed by atoms with E-state index in [2.05, 4.69) is 15.2 Å². The number of ether oxygens (including phenoxy) is 2. The molecule has 1 aromatic heterocycles. The van der Waals surface area contributed by atoms with Gasteiger partial charge in [0.2, 0.25) is 6.79 Å². The van der Waals surface area contributed by atoms with Crippen LogP contribution in [-0.2, 0) is 0 Å². The van der Waals surface area contributed by atoms with Crippen molar-refractivity contribution >= 4 is 42.1 Å². The fourth-order valence-electron chi connectivity index (χ4n) is 3.97. The number of hydrogen-bond acceptors (Lipinski definition) is 7. The molecule has 1 atom stereocenters. The number of amides is 1. The van der Waals surface area contributed by atoms with E-state index in [1.165, 1.54) is 11.3 Å². The van der Waals surface area contributed by atoms with Crippen LogP contribution in [0.15, 0.2) is 23.6 Å². The number of likely N-dealkylation sites (tertiary alicyclic amines) is 1. The highest BCUT2D eigenvalue weighted by Crippen LogP contribution is 2.36. The Morgan fingerprint density at radius 2 is 1.93 bits per heavy atom. The highest BCUT2D eigenvalue weighted by Gasteiger charge is 2.32. The summed E-state index contributed by atoms with van der Waals surface area (Å²) >= 11 is 1.49. The van der Waals surface area contributed by atoms with Gasteiger partial charge in [0.05, 0.1) is 0 Å². The van der Waals surface area contributed by atoms with E-state index < -0.39 is 0 Å². The molecule has 0 radical (unpaired) electrons. The Labute approximate surface area is 186 Å². The van der Waals surface area contributed by atoms with Crippen LogP contribution in [0.3, 0.4) is 0 Å². The van der Waals surface area contributed by atoms with Crippen LogP contribution < -0.4 is 14.8 Å². The fourth-order valence-corrected chi connectivity index (χ4v) is 4.76. The van der Waals surface area contributed by atoms with Gasteiger partial charge in [-0.05, 0) is 24.6 Å². The smallest absolute Gasteiger partial charge is 0.273 e. The number of rotatable bonds is 3. The molecule has 158 valence electrons. The minimum absolute atomic E-state index is 0. The molecule has 29 heavy (non-hydrogen) atoms. The number of fused-ring (bicyclic) bond motifs is 1. The summed E-state index contributed by atoms with van der Waals surface area (Å²) in [4.78, 5) is 21.9. The van der Waals surface area contributed by atoms with Crippen molar-refractivity contribution in [3.8, 4) is 22.1 Å². The third-order valence-corrected chi connectivity index (χ3v) is 6.35. The lowest BCUT2D eigenvalue weighted by Crippen LogP contribution is -2.49. The number of carbonyl (C=O) groups excluding carboxylic acids is 1. The molecule has 0 bridgehead atoms. The molecule has 2 fully saturated rings. The second-order valence-electron chi connectivity index (χ2n) is 7.09. The average Bonchev–Trinajstić information content (AvgIpc) is 3.47. The summed E-state index contributed by atoms with van der Waals surface area (Å²) in [5.74, 6) is 1.52. The van der Waals surface area contributed by atoms with Gasteiger partial charge in [0, 0.05) is 56.3 Å². The predicted molar refractivity (Wildman–Crippen MR) is 117 cm³/mol. The van der Waals surface area contributed by atoms with Gasteiger partial charge in [-0.1, -0.05) is 0 Å². The summed E-state index contributed by atoms with van der Waals surface area (Å²) in [6.45, 7) is 6.07. The molecule has 3 aliphatic rings. The first-order chi connectivity index (χ1) is 13.3. The molecule has 2 aromatic rings. The Hall–Kier alpha value is -1.58. The number of aromatic nitrogens is 1. The van der Waals surface area contributed by atoms with Crippen LogP contribution in [0.5, 0.6) is 11.5 Å². The number of carbonyl (C=O) groups is 1. The zero-order valence-electron chi connectivity index (χ0n) is 15.8. The number of thiazole rings is 1. The van der Waals surface area contributed by atoms with Crippen LogP contribution in [0.4, 0.5) is 0 Å². The maximum Gasteiger partial charge on any atom is 0.273 e. The predicted octanol–water partition coefficient (Wildman–Crippen LogP) is 2.50. The van der Waals surface area contributed by atoms with Crippen molar-refractivity contribution in [2.75, 3.05) is 46.1 Å². The van der Waals surface area contributed by atoms with E-state index in [1.54, 1.807) is 0 Å². The monoisotopic (exact) mass is 458 g/mol. The van der Waals surface area contributed by atoms with Crippen LogP contribution in [-0.4, -0.2) is 72.8 Å². The lowest BCUT2D eigenvalue weighted by molar-refractivity contribution is 0.0768. The van der Waals surface area contributed by atoms with Gasteiger partial charge < -0.3 is 19.7 Å². The number of nitrogens with zero attached hydrogens (tertiary/aromatic N) is 3. The van der Waals surface area contributed by atoms with Crippen molar-refractivity contribution in [1.82, 2.24) is 20.1 Å². The van der Waals surface area contributed by atoms with E-state index in [0.717, 1.165) is 67.8 Å². The van der Waals surface area contributed by atoms with Crippen molar-refractivity contribution in [2.24, 2.45) is 0 Å². The SMILES string of the molecule is Cl.Cl.O=C(c1csc(-c2ccc3c(c2)OCO3)n1)N1CCC(N2CCNCC2)C1. The molecule has 0 saturated carbocycles. The fraction of sp³-hybridized carbons (Fsp3) is 0.474. The van der Waals surface area contributed by atoms with Crippen molar-refractivity contribution in [1.29, 1.82) is 0 Å². The van der Waals surface area contributed by atoms with E-state index in [9.17, 15) is 4.79 Å². The van der Waals surface area contributed by atoms with Gasteiger partial charge in [-0.2, -0.15) is 0 Å².